The number of benzene rings is 2. The first-order valence-corrected chi connectivity index (χ1v) is 9.82. The molecule has 1 heterocycles. The Labute approximate surface area is 167 Å². The number of amides is 2. The maximum absolute atomic E-state index is 12.5. The summed E-state index contributed by atoms with van der Waals surface area (Å²) in [6, 6.07) is 17.2. The van der Waals surface area contributed by atoms with Crippen molar-refractivity contribution in [2.24, 2.45) is 5.92 Å². The molecule has 2 aromatic rings. The minimum atomic E-state index is -0.0892. The van der Waals surface area contributed by atoms with Gasteiger partial charge in [-0.1, -0.05) is 30.3 Å². The second kappa shape index (κ2) is 9.14. The number of hydrogen-bond acceptors (Lipinski definition) is 3. The monoisotopic (exact) mass is 463 g/mol. The Morgan fingerprint density at radius 1 is 1.04 bits per heavy atom. The molecular formula is C20H22IN3O2. The second-order valence-electron chi connectivity index (χ2n) is 6.46. The van der Waals surface area contributed by atoms with Crippen LogP contribution in [0, 0.1) is 9.49 Å². The number of piperidine rings is 1. The number of nitrogens with zero attached hydrogens (tertiary/aromatic N) is 1. The second-order valence-corrected chi connectivity index (χ2v) is 7.62. The number of carbonyl (C=O) groups is 2. The largest absolute Gasteiger partial charge is 0.326 e. The average molecular weight is 463 g/mol. The lowest BCUT2D eigenvalue weighted by Crippen LogP contribution is -2.44. The Balaban J connectivity index is 1.52. The highest BCUT2D eigenvalue weighted by Crippen LogP contribution is 2.20. The summed E-state index contributed by atoms with van der Waals surface area (Å²) in [6.45, 7) is 1.76. The van der Waals surface area contributed by atoms with E-state index in [0.29, 0.717) is 13.1 Å². The molecule has 136 valence electrons. The summed E-state index contributed by atoms with van der Waals surface area (Å²) in [5.74, 6) is -0.106. The molecular weight excluding hydrogens is 441 g/mol. The summed E-state index contributed by atoms with van der Waals surface area (Å²) in [7, 11) is 0. The summed E-state index contributed by atoms with van der Waals surface area (Å²) in [5, 5.41) is 5.92. The Morgan fingerprint density at radius 3 is 2.54 bits per heavy atom. The average Bonchev–Trinajstić information content (AvgIpc) is 2.64. The molecule has 6 heteroatoms. The van der Waals surface area contributed by atoms with Gasteiger partial charge in [-0.05, 0) is 66.2 Å². The standard InChI is InChI=1S/C20H22IN3O2/c21-17-10-4-5-11-18(17)23-19(25)14-24-12-6-7-15(13-24)20(26)22-16-8-2-1-3-9-16/h1-5,8-11,15H,6-7,12-14H2,(H,22,26)(H,23,25). The molecule has 1 saturated heterocycles. The number of likely N-dealkylation sites (tertiary alicyclic amines) is 1. The van der Waals surface area contributed by atoms with E-state index in [9.17, 15) is 9.59 Å². The van der Waals surface area contributed by atoms with Crippen molar-refractivity contribution in [1.82, 2.24) is 4.90 Å². The Hall–Kier alpha value is -1.93. The van der Waals surface area contributed by atoms with Crippen molar-refractivity contribution in [3.05, 3.63) is 58.2 Å². The topological polar surface area (TPSA) is 61.4 Å². The third-order valence-corrected chi connectivity index (χ3v) is 5.37. The van der Waals surface area contributed by atoms with E-state index in [0.717, 1.165) is 34.3 Å². The van der Waals surface area contributed by atoms with E-state index in [1.165, 1.54) is 0 Å². The fourth-order valence-electron chi connectivity index (χ4n) is 3.13. The minimum Gasteiger partial charge on any atom is -0.326 e. The van der Waals surface area contributed by atoms with Crippen LogP contribution in [-0.2, 0) is 9.59 Å². The van der Waals surface area contributed by atoms with Crippen LogP contribution in [0.1, 0.15) is 12.8 Å². The number of rotatable bonds is 5. The van der Waals surface area contributed by atoms with Crippen LogP contribution in [0.2, 0.25) is 0 Å². The van der Waals surface area contributed by atoms with E-state index < -0.39 is 0 Å². The van der Waals surface area contributed by atoms with Crippen molar-refractivity contribution in [2.75, 3.05) is 30.3 Å². The zero-order valence-corrected chi connectivity index (χ0v) is 16.6. The van der Waals surface area contributed by atoms with Crippen molar-refractivity contribution in [1.29, 1.82) is 0 Å². The van der Waals surface area contributed by atoms with Gasteiger partial charge in [-0.2, -0.15) is 0 Å². The van der Waals surface area contributed by atoms with E-state index in [2.05, 4.69) is 38.1 Å². The molecule has 5 nitrogen and oxygen atoms in total. The van der Waals surface area contributed by atoms with Gasteiger partial charge >= 0.3 is 0 Å². The molecule has 0 spiro atoms. The maximum Gasteiger partial charge on any atom is 0.238 e. The zero-order chi connectivity index (χ0) is 18.4. The molecule has 1 unspecified atom stereocenters. The molecule has 2 aromatic carbocycles. The van der Waals surface area contributed by atoms with Crippen molar-refractivity contribution in [2.45, 2.75) is 12.8 Å². The van der Waals surface area contributed by atoms with Crippen LogP contribution >= 0.6 is 22.6 Å². The molecule has 0 bridgehead atoms. The van der Waals surface area contributed by atoms with Gasteiger partial charge in [0, 0.05) is 15.8 Å². The number of nitrogens with one attached hydrogen (secondary N) is 2. The van der Waals surface area contributed by atoms with Gasteiger partial charge in [0.05, 0.1) is 18.2 Å². The van der Waals surface area contributed by atoms with Crippen LogP contribution in [0.15, 0.2) is 54.6 Å². The number of halogens is 1. The van der Waals surface area contributed by atoms with Crippen LogP contribution in [0.25, 0.3) is 0 Å². The summed E-state index contributed by atoms with van der Waals surface area (Å²) in [6.07, 6.45) is 1.77. The van der Waals surface area contributed by atoms with Gasteiger partial charge in [0.25, 0.3) is 0 Å². The number of anilines is 2. The van der Waals surface area contributed by atoms with Crippen molar-refractivity contribution in [3.63, 3.8) is 0 Å². The Morgan fingerprint density at radius 2 is 1.77 bits per heavy atom. The Bertz CT molecular complexity index is 767. The first-order valence-electron chi connectivity index (χ1n) is 8.74. The van der Waals surface area contributed by atoms with E-state index in [4.69, 9.17) is 0 Å². The fourth-order valence-corrected chi connectivity index (χ4v) is 3.66. The molecule has 2 amide bonds. The van der Waals surface area contributed by atoms with Crippen LogP contribution < -0.4 is 10.6 Å². The summed E-state index contributed by atoms with van der Waals surface area (Å²) in [4.78, 5) is 26.9. The number of carbonyl (C=O) groups excluding carboxylic acids is 2. The molecule has 0 radical (unpaired) electrons. The van der Waals surface area contributed by atoms with Gasteiger partial charge in [0.2, 0.25) is 11.8 Å². The lowest BCUT2D eigenvalue weighted by molar-refractivity contribution is -0.123. The van der Waals surface area contributed by atoms with Crippen LogP contribution in [-0.4, -0.2) is 36.3 Å². The molecule has 0 aromatic heterocycles. The summed E-state index contributed by atoms with van der Waals surface area (Å²) >= 11 is 2.21. The third kappa shape index (κ3) is 5.28. The highest BCUT2D eigenvalue weighted by molar-refractivity contribution is 14.1. The molecule has 1 aliphatic rings. The molecule has 1 aliphatic heterocycles. The van der Waals surface area contributed by atoms with Crippen LogP contribution in [0.5, 0.6) is 0 Å². The lowest BCUT2D eigenvalue weighted by Gasteiger charge is -2.31. The lowest BCUT2D eigenvalue weighted by atomic mass is 9.97. The normalized spacial score (nSPS) is 17.5. The molecule has 26 heavy (non-hydrogen) atoms. The quantitative estimate of drug-likeness (QED) is 0.667. The van der Waals surface area contributed by atoms with Gasteiger partial charge in [-0.15, -0.1) is 0 Å². The number of hydrogen-bond donors (Lipinski definition) is 2. The van der Waals surface area contributed by atoms with E-state index in [1.54, 1.807) is 0 Å². The summed E-state index contributed by atoms with van der Waals surface area (Å²) in [5.41, 5.74) is 1.64. The van der Waals surface area contributed by atoms with E-state index >= 15 is 0 Å². The third-order valence-electron chi connectivity index (χ3n) is 4.43. The van der Waals surface area contributed by atoms with Crippen LogP contribution in [0.4, 0.5) is 11.4 Å². The molecule has 1 fully saturated rings. The maximum atomic E-state index is 12.5. The van der Waals surface area contributed by atoms with E-state index in [-0.39, 0.29) is 17.7 Å². The van der Waals surface area contributed by atoms with Gasteiger partial charge < -0.3 is 10.6 Å². The van der Waals surface area contributed by atoms with Crippen molar-refractivity contribution >= 4 is 45.8 Å². The van der Waals surface area contributed by atoms with Crippen molar-refractivity contribution in [3.8, 4) is 0 Å². The van der Waals surface area contributed by atoms with Gasteiger partial charge in [0.15, 0.2) is 0 Å². The Kier molecular flexibility index (Phi) is 6.62. The van der Waals surface area contributed by atoms with Crippen LogP contribution in [0.3, 0.4) is 0 Å². The minimum absolute atomic E-state index is 0.0268. The first-order chi connectivity index (χ1) is 12.6. The molecule has 1 atom stereocenters. The highest BCUT2D eigenvalue weighted by atomic mass is 127. The van der Waals surface area contributed by atoms with E-state index in [1.807, 2.05) is 54.6 Å². The summed E-state index contributed by atoms with van der Waals surface area (Å²) < 4.78 is 1.01. The highest BCUT2D eigenvalue weighted by Gasteiger charge is 2.27. The first kappa shape index (κ1) is 18.8. The van der Waals surface area contributed by atoms with Gasteiger partial charge in [-0.3, -0.25) is 14.5 Å². The smallest absolute Gasteiger partial charge is 0.238 e. The molecule has 2 N–H and O–H groups in total. The fraction of sp³-hybridized carbons (Fsp3) is 0.300. The number of para-hydroxylation sites is 2. The zero-order valence-electron chi connectivity index (χ0n) is 14.5. The molecule has 0 saturated carbocycles. The SMILES string of the molecule is O=C(CN1CCCC(C(=O)Nc2ccccc2)C1)Nc1ccccc1I. The van der Waals surface area contributed by atoms with Gasteiger partial charge in [0.1, 0.15) is 0 Å². The molecule has 0 aliphatic carbocycles. The van der Waals surface area contributed by atoms with Gasteiger partial charge in [-0.25, -0.2) is 0 Å². The molecule has 3 rings (SSSR count). The predicted octanol–water partition coefficient (Wildman–Crippen LogP) is 3.58. The van der Waals surface area contributed by atoms with Crippen molar-refractivity contribution < 1.29 is 9.59 Å². The predicted molar refractivity (Wildman–Crippen MR) is 112 cm³/mol.